The van der Waals surface area contributed by atoms with E-state index in [0.29, 0.717) is 35.5 Å². The molecule has 1 fully saturated rings. The summed E-state index contributed by atoms with van der Waals surface area (Å²) in [6.45, 7) is 4.51. The summed E-state index contributed by atoms with van der Waals surface area (Å²) in [6.07, 6.45) is 3.71. The quantitative estimate of drug-likeness (QED) is 0.570. The molecule has 7 nitrogen and oxygen atoms in total. The molecule has 1 aliphatic heterocycles. The van der Waals surface area contributed by atoms with Crippen LogP contribution in [0.15, 0.2) is 18.2 Å². The van der Waals surface area contributed by atoms with Crippen LogP contribution in [0.1, 0.15) is 66.1 Å². The van der Waals surface area contributed by atoms with Crippen LogP contribution in [0.4, 0.5) is 4.39 Å². The Hall–Kier alpha value is -2.71. The van der Waals surface area contributed by atoms with E-state index in [1.807, 2.05) is 20.9 Å². The lowest BCUT2D eigenvalue weighted by atomic mass is 9.93. The number of fused-ring (bicyclic) bond motifs is 3. The number of hydrogen-bond donors (Lipinski definition) is 1. The minimum Gasteiger partial charge on any atom is -0.489 e. The number of aromatic nitrogens is 3. The van der Waals surface area contributed by atoms with Crippen molar-refractivity contribution in [3.8, 4) is 5.75 Å². The van der Waals surface area contributed by atoms with E-state index in [0.717, 1.165) is 54.0 Å². The summed E-state index contributed by atoms with van der Waals surface area (Å²) < 4.78 is 22.0. The average Bonchev–Trinajstić information content (AvgIpc) is 3.37. The largest absolute Gasteiger partial charge is 0.489 e. The van der Waals surface area contributed by atoms with Crippen molar-refractivity contribution in [1.29, 1.82) is 0 Å². The summed E-state index contributed by atoms with van der Waals surface area (Å²) >= 11 is 6.33. The first-order valence-electron chi connectivity index (χ1n) is 11.3. The Kier molecular flexibility index (Phi) is 6.82. The average molecular weight is 488 g/mol. The second kappa shape index (κ2) is 9.50. The smallest absolute Gasteiger partial charge is 0.258 e. The van der Waals surface area contributed by atoms with E-state index in [-0.39, 0.29) is 19.4 Å². The number of nitrogens with one attached hydrogen (secondary N) is 1. The van der Waals surface area contributed by atoms with Gasteiger partial charge in [-0.3, -0.25) is 4.79 Å². The third kappa shape index (κ3) is 4.25. The molecule has 9 heteroatoms. The maximum atomic E-state index is 14.1. The monoisotopic (exact) mass is 487 g/mol. The second-order valence-corrected chi connectivity index (χ2v) is 9.32. The topological polar surface area (TPSA) is 71.8 Å². The molecule has 1 aliphatic carbocycles. The second-order valence-electron chi connectivity index (χ2n) is 8.94. The normalized spacial score (nSPS) is 19.7. The van der Waals surface area contributed by atoms with E-state index < -0.39 is 5.82 Å². The number of amides is 1. The molecule has 5 rings (SSSR count). The van der Waals surface area contributed by atoms with Gasteiger partial charge in [0.05, 0.1) is 46.9 Å². The Labute approximate surface area is 204 Å². The van der Waals surface area contributed by atoms with E-state index in [4.69, 9.17) is 16.3 Å². The van der Waals surface area contributed by atoms with Crippen molar-refractivity contribution >= 4 is 23.2 Å². The van der Waals surface area contributed by atoms with Gasteiger partial charge in [-0.2, -0.15) is 5.10 Å². The predicted molar refractivity (Wildman–Crippen MR) is 130 cm³/mol. The minimum atomic E-state index is -0.417. The fourth-order valence-corrected chi connectivity index (χ4v) is 4.97. The zero-order valence-electron chi connectivity index (χ0n) is 19.0. The van der Waals surface area contributed by atoms with Crippen molar-refractivity contribution in [2.24, 2.45) is 0 Å². The number of rotatable bonds is 4. The number of hydrogen-bond acceptors (Lipinski definition) is 5. The van der Waals surface area contributed by atoms with E-state index >= 15 is 0 Å². The molecule has 0 unspecified atom stereocenters. The van der Waals surface area contributed by atoms with Gasteiger partial charge < -0.3 is 15.0 Å². The van der Waals surface area contributed by atoms with Crippen LogP contribution < -0.4 is 10.1 Å². The molecule has 0 saturated heterocycles. The first kappa shape index (κ1) is 24.4. The molecule has 3 aromatic rings. The van der Waals surface area contributed by atoms with Gasteiger partial charge in [-0.15, -0.1) is 0 Å². The number of carbonyl (C=O) groups excluding carboxylic acids is 1. The fraction of sp³-hybridized carbons (Fsp3) is 0.480. The molecule has 1 N–H and O–H groups in total. The van der Waals surface area contributed by atoms with Crippen molar-refractivity contribution < 1.29 is 13.9 Å². The van der Waals surface area contributed by atoms with Gasteiger partial charge in [0.15, 0.2) is 5.65 Å². The highest BCUT2D eigenvalue weighted by molar-refractivity contribution is 6.31. The van der Waals surface area contributed by atoms with Crippen LogP contribution in [0, 0.1) is 19.7 Å². The molecule has 1 amide bonds. The van der Waals surface area contributed by atoms with Gasteiger partial charge in [-0.25, -0.2) is 13.9 Å². The van der Waals surface area contributed by atoms with Gasteiger partial charge in [-0.1, -0.05) is 19.0 Å². The Morgan fingerprint density at radius 3 is 2.65 bits per heavy atom. The van der Waals surface area contributed by atoms with Crippen molar-refractivity contribution in [2.45, 2.75) is 72.2 Å². The number of carbonyl (C=O) groups is 1. The van der Waals surface area contributed by atoms with Crippen molar-refractivity contribution in [3.63, 3.8) is 0 Å². The summed E-state index contributed by atoms with van der Waals surface area (Å²) in [5.74, 6) is -0.310. The maximum Gasteiger partial charge on any atom is 0.258 e. The lowest BCUT2D eigenvalue weighted by Crippen LogP contribution is -2.34. The first-order chi connectivity index (χ1) is 15.9. The molecule has 1 aromatic carbocycles. The summed E-state index contributed by atoms with van der Waals surface area (Å²) in [5, 5.41) is 8.53. The lowest BCUT2D eigenvalue weighted by molar-refractivity contribution is 0.0737. The molecular weight excluding hydrogens is 457 g/mol. The summed E-state index contributed by atoms with van der Waals surface area (Å²) in [5.41, 5.74) is 4.37. The lowest BCUT2D eigenvalue weighted by Gasteiger charge is -2.29. The molecule has 1 saturated carbocycles. The standard InChI is InChI=1S/C24H27ClFN5O2.CH4/c1-13-22(25)14(2)31-23(28-13)19-11-30(12-20(19)29-31)24(32)18-9-4-15(26)10-21(18)33-17-7-5-16(27-3)6-8-17;/h4,9-10,16-17,27H,5-8,11-12H2,1-3H3;1H4. The van der Waals surface area contributed by atoms with Crippen LogP contribution in [-0.2, 0) is 13.1 Å². The molecule has 0 bridgehead atoms. The van der Waals surface area contributed by atoms with Crippen LogP contribution >= 0.6 is 11.6 Å². The van der Waals surface area contributed by atoms with Crippen molar-refractivity contribution in [3.05, 3.63) is 57.2 Å². The van der Waals surface area contributed by atoms with Crippen LogP contribution in [0.25, 0.3) is 5.65 Å². The van der Waals surface area contributed by atoms with Gasteiger partial charge in [0.1, 0.15) is 11.6 Å². The van der Waals surface area contributed by atoms with E-state index in [1.54, 1.807) is 9.42 Å². The summed E-state index contributed by atoms with van der Waals surface area (Å²) in [6, 6.07) is 4.63. The zero-order chi connectivity index (χ0) is 23.3. The van der Waals surface area contributed by atoms with Crippen molar-refractivity contribution in [1.82, 2.24) is 24.8 Å². The number of nitrogens with zero attached hydrogens (tertiary/aromatic N) is 4. The third-order valence-corrected chi connectivity index (χ3v) is 7.34. The number of ether oxygens (including phenoxy) is 1. The highest BCUT2D eigenvalue weighted by Crippen LogP contribution is 2.33. The first-order valence-corrected chi connectivity index (χ1v) is 11.7. The Morgan fingerprint density at radius 2 is 1.94 bits per heavy atom. The van der Waals surface area contributed by atoms with E-state index in [2.05, 4.69) is 15.4 Å². The molecule has 182 valence electrons. The van der Waals surface area contributed by atoms with E-state index in [9.17, 15) is 9.18 Å². The fourth-order valence-electron chi connectivity index (χ4n) is 4.85. The number of halogens is 2. The highest BCUT2D eigenvalue weighted by atomic mass is 35.5. The number of aryl methyl sites for hydroxylation is 2. The van der Waals surface area contributed by atoms with Crippen LogP contribution in [0.5, 0.6) is 5.75 Å². The maximum absolute atomic E-state index is 14.1. The van der Waals surface area contributed by atoms with Crippen LogP contribution in [-0.4, -0.2) is 44.6 Å². The van der Waals surface area contributed by atoms with Crippen LogP contribution in [0.2, 0.25) is 5.02 Å². The SMILES string of the molecule is C.CNC1CCC(Oc2cc(F)ccc2C(=O)N2Cc3nn4c(C)c(Cl)c(C)nc4c3C2)CC1. The summed E-state index contributed by atoms with van der Waals surface area (Å²) in [7, 11) is 1.96. The Bertz CT molecular complexity index is 1240. The van der Waals surface area contributed by atoms with Gasteiger partial charge in [0, 0.05) is 17.7 Å². The Morgan fingerprint density at radius 1 is 1.21 bits per heavy atom. The molecule has 34 heavy (non-hydrogen) atoms. The van der Waals surface area contributed by atoms with E-state index in [1.165, 1.54) is 18.2 Å². The zero-order valence-corrected chi connectivity index (χ0v) is 19.7. The molecule has 2 aliphatic rings. The molecule has 2 aromatic heterocycles. The van der Waals surface area contributed by atoms with Crippen LogP contribution in [0.3, 0.4) is 0 Å². The molecule has 0 spiro atoms. The summed E-state index contributed by atoms with van der Waals surface area (Å²) in [4.78, 5) is 19.8. The highest BCUT2D eigenvalue weighted by Gasteiger charge is 2.32. The third-order valence-electron chi connectivity index (χ3n) is 6.79. The number of benzene rings is 1. The van der Waals surface area contributed by atoms with Gasteiger partial charge >= 0.3 is 0 Å². The molecular formula is C25H31ClFN5O2. The molecule has 0 atom stereocenters. The molecule has 3 heterocycles. The van der Waals surface area contributed by atoms with Gasteiger partial charge in [0.25, 0.3) is 5.91 Å². The molecule has 0 radical (unpaired) electrons. The minimum absolute atomic E-state index is 0. The Balaban J connectivity index is 0.00000274. The van der Waals surface area contributed by atoms with Crippen molar-refractivity contribution in [2.75, 3.05) is 7.05 Å². The predicted octanol–water partition coefficient (Wildman–Crippen LogP) is 4.84. The van der Waals surface area contributed by atoms with Gasteiger partial charge in [-0.05, 0) is 58.7 Å². The van der Waals surface area contributed by atoms with Gasteiger partial charge in [0.2, 0.25) is 0 Å².